The van der Waals surface area contributed by atoms with Crippen molar-refractivity contribution >= 4 is 27.4 Å². The molecule has 1 aromatic carbocycles. The highest BCUT2D eigenvalue weighted by molar-refractivity contribution is 9.10. The van der Waals surface area contributed by atoms with Gasteiger partial charge in [-0.05, 0) is 24.6 Å². The van der Waals surface area contributed by atoms with E-state index in [0.29, 0.717) is 11.1 Å². The van der Waals surface area contributed by atoms with E-state index in [-0.39, 0.29) is 11.9 Å². The molecule has 0 aliphatic rings. The minimum Gasteiger partial charge on any atom is -0.345 e. The number of halogens is 1. The number of benzene rings is 1. The largest absolute Gasteiger partial charge is 0.345 e. The minimum absolute atomic E-state index is 0.0957. The summed E-state index contributed by atoms with van der Waals surface area (Å²) in [4.78, 5) is 16.4. The average molecular weight is 345 g/mol. The molecule has 0 saturated heterocycles. The zero-order valence-electron chi connectivity index (χ0n) is 11.3. The van der Waals surface area contributed by atoms with Crippen molar-refractivity contribution in [3.8, 4) is 0 Å². The lowest BCUT2D eigenvalue weighted by Crippen LogP contribution is -2.26. The number of nitrogens with zero attached hydrogens (tertiary/aromatic N) is 3. The highest BCUT2D eigenvalue weighted by atomic mass is 79.9. The molecule has 0 saturated carbocycles. The van der Waals surface area contributed by atoms with Crippen LogP contribution in [-0.2, 0) is 0 Å². The van der Waals surface area contributed by atoms with Crippen LogP contribution in [0.25, 0.3) is 5.52 Å². The van der Waals surface area contributed by atoms with Crippen molar-refractivity contribution in [3.05, 3.63) is 64.7 Å². The van der Waals surface area contributed by atoms with Crippen LogP contribution in [0.15, 0.2) is 53.5 Å². The Morgan fingerprint density at radius 2 is 2.24 bits per heavy atom. The van der Waals surface area contributed by atoms with Crippen molar-refractivity contribution in [2.75, 3.05) is 0 Å². The van der Waals surface area contributed by atoms with Crippen molar-refractivity contribution < 1.29 is 4.79 Å². The van der Waals surface area contributed by atoms with Gasteiger partial charge in [-0.1, -0.05) is 28.1 Å². The zero-order chi connectivity index (χ0) is 14.8. The van der Waals surface area contributed by atoms with Crippen LogP contribution in [0.2, 0.25) is 0 Å². The van der Waals surface area contributed by atoms with E-state index in [2.05, 4.69) is 31.3 Å². The summed E-state index contributed by atoms with van der Waals surface area (Å²) < 4.78 is 2.62. The van der Waals surface area contributed by atoms with Crippen molar-refractivity contribution in [3.63, 3.8) is 0 Å². The standard InChI is InChI=1S/C15H13BrN4O/c1-10(11-3-2-4-12(16)7-11)19-15(21)13-8-18-20-6-5-17-9-14(13)20/h2-10H,1H3,(H,19,21). The molecule has 0 fully saturated rings. The molecule has 3 aromatic rings. The lowest BCUT2D eigenvalue weighted by atomic mass is 10.1. The number of hydrogen-bond donors (Lipinski definition) is 1. The van der Waals surface area contributed by atoms with Gasteiger partial charge in [0.05, 0.1) is 29.5 Å². The highest BCUT2D eigenvalue weighted by Gasteiger charge is 2.15. The van der Waals surface area contributed by atoms with Crippen LogP contribution >= 0.6 is 15.9 Å². The molecule has 1 unspecified atom stereocenters. The monoisotopic (exact) mass is 344 g/mol. The molecule has 0 spiro atoms. The third kappa shape index (κ3) is 2.80. The third-order valence-electron chi connectivity index (χ3n) is 3.27. The fraction of sp³-hybridized carbons (Fsp3) is 0.133. The van der Waals surface area contributed by atoms with Gasteiger partial charge in [-0.2, -0.15) is 5.10 Å². The van der Waals surface area contributed by atoms with E-state index in [4.69, 9.17) is 0 Å². The number of hydrogen-bond acceptors (Lipinski definition) is 3. The lowest BCUT2D eigenvalue weighted by Gasteiger charge is -2.14. The van der Waals surface area contributed by atoms with Crippen LogP contribution in [0.1, 0.15) is 28.9 Å². The summed E-state index contributed by atoms with van der Waals surface area (Å²) in [5.74, 6) is -0.162. The molecular weight excluding hydrogens is 332 g/mol. The third-order valence-corrected chi connectivity index (χ3v) is 3.76. The van der Waals surface area contributed by atoms with E-state index < -0.39 is 0 Å². The van der Waals surface area contributed by atoms with Gasteiger partial charge < -0.3 is 5.32 Å². The first-order chi connectivity index (χ1) is 10.1. The predicted octanol–water partition coefficient (Wildman–Crippen LogP) is 2.98. The first kappa shape index (κ1) is 13.8. The SMILES string of the molecule is CC(NC(=O)c1cnn2ccncc12)c1cccc(Br)c1. The number of carbonyl (C=O) groups excluding carboxylic acids is 1. The van der Waals surface area contributed by atoms with E-state index in [0.717, 1.165) is 10.0 Å². The van der Waals surface area contributed by atoms with E-state index in [1.165, 1.54) is 0 Å². The van der Waals surface area contributed by atoms with E-state index >= 15 is 0 Å². The Balaban J connectivity index is 1.83. The van der Waals surface area contributed by atoms with Crippen molar-refractivity contribution in [1.82, 2.24) is 19.9 Å². The molecule has 2 heterocycles. The fourth-order valence-electron chi connectivity index (χ4n) is 2.14. The molecule has 0 aliphatic heterocycles. The molecule has 6 heteroatoms. The molecule has 0 bridgehead atoms. The predicted molar refractivity (Wildman–Crippen MR) is 83.0 cm³/mol. The molecule has 106 valence electrons. The summed E-state index contributed by atoms with van der Waals surface area (Å²) in [6, 6.07) is 7.77. The number of rotatable bonds is 3. The van der Waals surface area contributed by atoms with Gasteiger partial charge in [0.25, 0.3) is 5.91 Å². The molecule has 0 radical (unpaired) electrons. The van der Waals surface area contributed by atoms with Crippen LogP contribution in [0.3, 0.4) is 0 Å². The topological polar surface area (TPSA) is 59.3 Å². The molecule has 3 rings (SSSR count). The van der Waals surface area contributed by atoms with Gasteiger partial charge in [-0.25, -0.2) is 4.52 Å². The van der Waals surface area contributed by atoms with Crippen LogP contribution in [0.4, 0.5) is 0 Å². The number of aromatic nitrogens is 3. The van der Waals surface area contributed by atoms with Gasteiger partial charge in [0.1, 0.15) is 0 Å². The summed E-state index contributed by atoms with van der Waals surface area (Å²) in [7, 11) is 0. The van der Waals surface area contributed by atoms with E-state index in [9.17, 15) is 4.79 Å². The minimum atomic E-state index is -0.162. The molecule has 2 aromatic heterocycles. The average Bonchev–Trinajstić information content (AvgIpc) is 2.91. The van der Waals surface area contributed by atoms with Gasteiger partial charge in [0.15, 0.2) is 0 Å². The van der Waals surface area contributed by atoms with Gasteiger partial charge in [0, 0.05) is 16.9 Å². The molecule has 0 aliphatic carbocycles. The van der Waals surface area contributed by atoms with Crippen molar-refractivity contribution in [2.24, 2.45) is 0 Å². The van der Waals surface area contributed by atoms with E-state index in [1.807, 2.05) is 31.2 Å². The van der Waals surface area contributed by atoms with Crippen molar-refractivity contribution in [2.45, 2.75) is 13.0 Å². The van der Waals surface area contributed by atoms with Gasteiger partial charge in [-0.15, -0.1) is 0 Å². The van der Waals surface area contributed by atoms with Crippen LogP contribution in [-0.4, -0.2) is 20.5 Å². The Labute approximate surface area is 130 Å². The second-order valence-electron chi connectivity index (χ2n) is 4.71. The molecule has 5 nitrogen and oxygen atoms in total. The number of nitrogens with one attached hydrogen (secondary N) is 1. The number of amides is 1. The quantitative estimate of drug-likeness (QED) is 0.794. The Morgan fingerprint density at radius 3 is 3.05 bits per heavy atom. The van der Waals surface area contributed by atoms with Gasteiger partial charge in [-0.3, -0.25) is 9.78 Å². The zero-order valence-corrected chi connectivity index (χ0v) is 12.9. The van der Waals surface area contributed by atoms with E-state index in [1.54, 1.807) is 29.3 Å². The summed E-state index contributed by atoms with van der Waals surface area (Å²) in [6.07, 6.45) is 6.53. The Kier molecular flexibility index (Phi) is 3.70. The maximum Gasteiger partial charge on any atom is 0.255 e. The number of carbonyl (C=O) groups is 1. The summed E-state index contributed by atoms with van der Waals surface area (Å²) in [5.41, 5.74) is 2.24. The lowest BCUT2D eigenvalue weighted by molar-refractivity contribution is 0.0941. The summed E-state index contributed by atoms with van der Waals surface area (Å²) in [5, 5.41) is 7.12. The van der Waals surface area contributed by atoms with Gasteiger partial charge in [0.2, 0.25) is 0 Å². The smallest absolute Gasteiger partial charge is 0.255 e. The molecule has 1 N–H and O–H groups in total. The Morgan fingerprint density at radius 1 is 1.38 bits per heavy atom. The Bertz CT molecular complexity index is 799. The molecule has 1 atom stereocenters. The highest BCUT2D eigenvalue weighted by Crippen LogP contribution is 2.19. The fourth-order valence-corrected chi connectivity index (χ4v) is 2.56. The summed E-state index contributed by atoms with van der Waals surface area (Å²) in [6.45, 7) is 1.95. The normalized spacial score (nSPS) is 12.3. The number of fused-ring (bicyclic) bond motifs is 1. The second-order valence-corrected chi connectivity index (χ2v) is 5.63. The van der Waals surface area contributed by atoms with Crippen LogP contribution in [0.5, 0.6) is 0 Å². The second kappa shape index (κ2) is 5.65. The Hall–Kier alpha value is -2.21. The first-order valence-electron chi connectivity index (χ1n) is 6.49. The maximum atomic E-state index is 12.4. The van der Waals surface area contributed by atoms with Crippen LogP contribution < -0.4 is 5.32 Å². The molecule has 21 heavy (non-hydrogen) atoms. The first-order valence-corrected chi connectivity index (χ1v) is 7.28. The van der Waals surface area contributed by atoms with Gasteiger partial charge >= 0.3 is 0 Å². The molecule has 1 amide bonds. The maximum absolute atomic E-state index is 12.4. The molecular formula is C15H13BrN4O. The van der Waals surface area contributed by atoms with Crippen molar-refractivity contribution in [1.29, 1.82) is 0 Å². The van der Waals surface area contributed by atoms with Crippen LogP contribution in [0, 0.1) is 0 Å². The summed E-state index contributed by atoms with van der Waals surface area (Å²) >= 11 is 3.43.